The molecule has 1 aliphatic carbocycles. The number of carbonyl (C=O) groups is 2. The SMILES string of the molecule is COc1ccc(-c2cn(-c3ccc(C)cc3)c(NC(=O)CN(C(=O)C(C)C)C3CC3)n2)cc1. The Morgan fingerprint density at radius 1 is 1.12 bits per heavy atom. The maximum absolute atomic E-state index is 13.0. The Morgan fingerprint density at radius 3 is 2.36 bits per heavy atom. The second-order valence-electron chi connectivity index (χ2n) is 8.78. The van der Waals surface area contributed by atoms with Gasteiger partial charge in [0.2, 0.25) is 17.8 Å². The zero-order valence-corrected chi connectivity index (χ0v) is 19.5. The summed E-state index contributed by atoms with van der Waals surface area (Å²) in [5.74, 6) is 0.793. The number of carbonyl (C=O) groups excluding carboxylic acids is 2. The van der Waals surface area contributed by atoms with Crippen LogP contribution in [0.15, 0.2) is 54.7 Å². The third-order valence-electron chi connectivity index (χ3n) is 5.73. The molecule has 0 aliphatic heterocycles. The molecule has 1 saturated carbocycles. The molecule has 1 N–H and O–H groups in total. The van der Waals surface area contributed by atoms with Gasteiger partial charge in [0, 0.05) is 29.4 Å². The van der Waals surface area contributed by atoms with Gasteiger partial charge in [0.15, 0.2) is 0 Å². The van der Waals surface area contributed by atoms with E-state index in [0.29, 0.717) is 5.95 Å². The summed E-state index contributed by atoms with van der Waals surface area (Å²) in [4.78, 5) is 32.0. The van der Waals surface area contributed by atoms with Crippen molar-refractivity contribution in [3.8, 4) is 22.7 Å². The Balaban J connectivity index is 1.62. The lowest BCUT2D eigenvalue weighted by atomic mass is 10.1. The quantitative estimate of drug-likeness (QED) is 0.555. The van der Waals surface area contributed by atoms with Gasteiger partial charge in [-0.3, -0.25) is 19.5 Å². The number of hydrogen-bond acceptors (Lipinski definition) is 4. The molecule has 1 heterocycles. The molecular weight excluding hydrogens is 416 g/mol. The van der Waals surface area contributed by atoms with E-state index in [1.54, 1.807) is 12.0 Å². The van der Waals surface area contributed by atoms with Gasteiger partial charge in [0.1, 0.15) is 12.3 Å². The Labute approximate surface area is 194 Å². The fourth-order valence-corrected chi connectivity index (χ4v) is 3.70. The number of imidazole rings is 1. The molecule has 0 atom stereocenters. The van der Waals surface area contributed by atoms with E-state index in [2.05, 4.69) is 5.32 Å². The third kappa shape index (κ3) is 5.25. The highest BCUT2D eigenvalue weighted by Crippen LogP contribution is 2.29. The molecule has 33 heavy (non-hydrogen) atoms. The molecule has 7 nitrogen and oxygen atoms in total. The van der Waals surface area contributed by atoms with Gasteiger partial charge in [-0.2, -0.15) is 0 Å². The molecular formula is C26H30N4O3. The highest BCUT2D eigenvalue weighted by Gasteiger charge is 2.34. The number of anilines is 1. The van der Waals surface area contributed by atoms with Crippen LogP contribution in [0.2, 0.25) is 0 Å². The Bertz CT molecular complexity index is 1130. The van der Waals surface area contributed by atoms with Crippen molar-refractivity contribution in [3.63, 3.8) is 0 Å². The number of amides is 2. The van der Waals surface area contributed by atoms with Gasteiger partial charge in [-0.05, 0) is 56.2 Å². The number of hydrogen-bond donors (Lipinski definition) is 1. The van der Waals surface area contributed by atoms with E-state index in [9.17, 15) is 9.59 Å². The van der Waals surface area contributed by atoms with Crippen molar-refractivity contribution in [2.45, 2.75) is 39.7 Å². The summed E-state index contributed by atoms with van der Waals surface area (Å²) < 4.78 is 7.11. The summed E-state index contributed by atoms with van der Waals surface area (Å²) in [6, 6.07) is 15.8. The average Bonchev–Trinajstić information content (AvgIpc) is 3.57. The molecule has 0 spiro atoms. The average molecular weight is 447 g/mol. The standard InChI is InChI=1S/C26H30N4O3/c1-17(2)25(32)29(20-11-12-20)16-24(31)28-26-27-23(19-7-13-22(33-4)14-8-19)15-30(26)21-9-5-18(3)6-10-21/h5-10,13-15,17,20H,11-12,16H2,1-4H3,(H,27,28,31). The second kappa shape index (κ2) is 9.48. The van der Waals surface area contributed by atoms with Crippen LogP contribution in [0.1, 0.15) is 32.3 Å². The normalized spacial score (nSPS) is 13.1. The van der Waals surface area contributed by atoms with E-state index in [-0.39, 0.29) is 30.3 Å². The molecule has 1 fully saturated rings. The van der Waals surface area contributed by atoms with Crippen molar-refractivity contribution in [2.75, 3.05) is 19.0 Å². The summed E-state index contributed by atoms with van der Waals surface area (Å²) in [6.07, 6.45) is 3.80. The predicted octanol–water partition coefficient (Wildman–Crippen LogP) is 4.44. The number of ether oxygens (including phenoxy) is 1. The van der Waals surface area contributed by atoms with Crippen LogP contribution in [0.3, 0.4) is 0 Å². The summed E-state index contributed by atoms with van der Waals surface area (Å²) in [6.45, 7) is 5.78. The Morgan fingerprint density at radius 2 is 1.79 bits per heavy atom. The lowest BCUT2D eigenvalue weighted by Gasteiger charge is -2.23. The van der Waals surface area contributed by atoms with Gasteiger partial charge in [-0.1, -0.05) is 31.5 Å². The molecule has 1 aromatic heterocycles. The number of methoxy groups -OCH3 is 1. The van der Waals surface area contributed by atoms with Gasteiger partial charge in [0.05, 0.1) is 12.8 Å². The van der Waals surface area contributed by atoms with E-state index >= 15 is 0 Å². The van der Waals surface area contributed by atoms with Gasteiger partial charge in [-0.25, -0.2) is 4.98 Å². The topological polar surface area (TPSA) is 76.5 Å². The van der Waals surface area contributed by atoms with Crippen molar-refractivity contribution in [1.29, 1.82) is 0 Å². The summed E-state index contributed by atoms with van der Waals surface area (Å²) in [5.41, 5.74) is 3.67. The van der Waals surface area contributed by atoms with E-state index < -0.39 is 0 Å². The van der Waals surface area contributed by atoms with Crippen LogP contribution in [0, 0.1) is 12.8 Å². The fraction of sp³-hybridized carbons (Fsp3) is 0.346. The highest BCUT2D eigenvalue weighted by atomic mass is 16.5. The molecule has 7 heteroatoms. The van der Waals surface area contributed by atoms with E-state index in [1.165, 1.54) is 0 Å². The molecule has 2 aromatic carbocycles. The van der Waals surface area contributed by atoms with Crippen LogP contribution < -0.4 is 10.1 Å². The van der Waals surface area contributed by atoms with Crippen LogP contribution in [0.5, 0.6) is 5.75 Å². The maximum Gasteiger partial charge on any atom is 0.246 e. The number of benzene rings is 2. The summed E-state index contributed by atoms with van der Waals surface area (Å²) in [7, 11) is 1.63. The number of rotatable bonds is 8. The van der Waals surface area contributed by atoms with E-state index in [0.717, 1.165) is 41.1 Å². The molecule has 1 aliphatic rings. The van der Waals surface area contributed by atoms with E-state index in [4.69, 9.17) is 9.72 Å². The molecule has 0 radical (unpaired) electrons. The number of aryl methyl sites for hydroxylation is 1. The smallest absolute Gasteiger partial charge is 0.246 e. The van der Waals surface area contributed by atoms with Crippen LogP contribution in [-0.4, -0.2) is 46.0 Å². The molecule has 0 saturated heterocycles. The lowest BCUT2D eigenvalue weighted by molar-refractivity contribution is -0.138. The lowest BCUT2D eigenvalue weighted by Crippen LogP contribution is -2.41. The Hall–Kier alpha value is -3.61. The predicted molar refractivity (Wildman–Crippen MR) is 128 cm³/mol. The van der Waals surface area contributed by atoms with Crippen molar-refractivity contribution in [3.05, 3.63) is 60.3 Å². The first-order chi connectivity index (χ1) is 15.9. The minimum Gasteiger partial charge on any atom is -0.497 e. The summed E-state index contributed by atoms with van der Waals surface area (Å²) >= 11 is 0. The van der Waals surface area contributed by atoms with Crippen molar-refractivity contribution in [1.82, 2.24) is 14.5 Å². The fourth-order valence-electron chi connectivity index (χ4n) is 3.70. The van der Waals surface area contributed by atoms with Crippen LogP contribution in [0.25, 0.3) is 16.9 Å². The van der Waals surface area contributed by atoms with Gasteiger partial charge in [0.25, 0.3) is 0 Å². The molecule has 0 bridgehead atoms. The third-order valence-corrected chi connectivity index (χ3v) is 5.73. The first-order valence-corrected chi connectivity index (χ1v) is 11.3. The van der Waals surface area contributed by atoms with Crippen LogP contribution in [-0.2, 0) is 9.59 Å². The minimum absolute atomic E-state index is 0.00782. The van der Waals surface area contributed by atoms with Crippen LogP contribution in [0.4, 0.5) is 5.95 Å². The van der Waals surface area contributed by atoms with E-state index in [1.807, 2.05) is 80.1 Å². The molecule has 172 valence electrons. The Kier molecular flexibility index (Phi) is 6.49. The molecule has 2 amide bonds. The molecule has 4 rings (SSSR count). The number of nitrogens with one attached hydrogen (secondary N) is 1. The minimum atomic E-state index is -0.254. The van der Waals surface area contributed by atoms with Crippen molar-refractivity contribution in [2.24, 2.45) is 5.92 Å². The van der Waals surface area contributed by atoms with Crippen molar-refractivity contribution < 1.29 is 14.3 Å². The highest BCUT2D eigenvalue weighted by molar-refractivity contribution is 5.94. The first kappa shape index (κ1) is 22.6. The second-order valence-corrected chi connectivity index (χ2v) is 8.78. The first-order valence-electron chi connectivity index (χ1n) is 11.3. The van der Waals surface area contributed by atoms with Crippen molar-refractivity contribution >= 4 is 17.8 Å². The summed E-state index contributed by atoms with van der Waals surface area (Å²) in [5, 5.41) is 2.94. The maximum atomic E-state index is 13.0. The zero-order valence-electron chi connectivity index (χ0n) is 19.5. The van der Waals surface area contributed by atoms with Crippen LogP contribution >= 0.6 is 0 Å². The van der Waals surface area contributed by atoms with Gasteiger partial charge in [-0.15, -0.1) is 0 Å². The van der Waals surface area contributed by atoms with Gasteiger partial charge < -0.3 is 9.64 Å². The monoisotopic (exact) mass is 446 g/mol. The largest absolute Gasteiger partial charge is 0.497 e. The van der Waals surface area contributed by atoms with Gasteiger partial charge >= 0.3 is 0 Å². The molecule has 3 aromatic rings. The number of aromatic nitrogens is 2. The number of nitrogens with zero attached hydrogens (tertiary/aromatic N) is 3. The molecule has 0 unspecified atom stereocenters. The zero-order chi connectivity index (χ0) is 23.5.